The second-order valence-corrected chi connectivity index (χ2v) is 4.16. The van der Waals surface area contributed by atoms with Gasteiger partial charge >= 0.3 is 5.97 Å². The van der Waals surface area contributed by atoms with E-state index in [4.69, 9.17) is 10.5 Å². The summed E-state index contributed by atoms with van der Waals surface area (Å²) in [5.41, 5.74) is 5.30. The summed E-state index contributed by atoms with van der Waals surface area (Å²) in [6.07, 6.45) is 0. The molecule has 0 aromatic carbocycles. The Morgan fingerprint density at radius 3 is 2.83 bits per heavy atom. The van der Waals surface area contributed by atoms with Gasteiger partial charge in [0.2, 0.25) is 0 Å². The van der Waals surface area contributed by atoms with Crippen molar-refractivity contribution in [3.8, 4) is 0 Å². The predicted octanol–water partition coefficient (Wildman–Crippen LogP) is 1.13. The van der Waals surface area contributed by atoms with Crippen molar-refractivity contribution in [1.82, 2.24) is 4.98 Å². The first-order chi connectivity index (χ1) is 5.50. The number of cyclic esters (lactones) is 1. The molecule has 2 heterocycles. The van der Waals surface area contributed by atoms with Crippen LogP contribution in [0, 0.1) is 0 Å². The molecule has 64 valence electrons. The van der Waals surface area contributed by atoms with E-state index in [2.05, 4.69) is 4.98 Å². The third-order valence-electron chi connectivity index (χ3n) is 1.73. The molecule has 2 N–H and O–H groups in total. The molecule has 0 saturated carbocycles. The number of ether oxygens (including phenoxy) is 1. The fraction of sp³-hybridized carbons (Fsp3) is 0.429. The zero-order valence-corrected chi connectivity index (χ0v) is 7.57. The Kier molecular flexibility index (Phi) is 1.24. The van der Waals surface area contributed by atoms with Crippen LogP contribution in [0.4, 0.5) is 5.13 Å². The second-order valence-electron chi connectivity index (χ2n) is 3.13. The molecular formula is C7H8N2O2S. The summed E-state index contributed by atoms with van der Waals surface area (Å²) >= 11 is 1.31. The number of rotatable bonds is 0. The lowest BCUT2D eigenvalue weighted by Crippen LogP contribution is -2.15. The smallest absolute Gasteiger partial charge is 0.359 e. The van der Waals surface area contributed by atoms with Gasteiger partial charge in [0.1, 0.15) is 5.60 Å². The molecule has 4 nitrogen and oxygen atoms in total. The Bertz CT molecular complexity index is 356. The van der Waals surface area contributed by atoms with Crippen molar-refractivity contribution >= 4 is 22.4 Å². The molecule has 0 fully saturated rings. The second kappa shape index (κ2) is 1.98. The van der Waals surface area contributed by atoms with Gasteiger partial charge in [-0.1, -0.05) is 11.3 Å². The number of hydrogen-bond acceptors (Lipinski definition) is 5. The number of esters is 1. The molecule has 1 aromatic heterocycles. The molecule has 0 unspecified atom stereocenters. The van der Waals surface area contributed by atoms with Crippen molar-refractivity contribution in [1.29, 1.82) is 0 Å². The minimum Gasteiger partial charge on any atom is -0.449 e. The van der Waals surface area contributed by atoms with E-state index in [1.165, 1.54) is 11.3 Å². The number of fused-ring (bicyclic) bond motifs is 1. The van der Waals surface area contributed by atoms with Gasteiger partial charge in [-0.25, -0.2) is 9.78 Å². The van der Waals surface area contributed by atoms with Gasteiger partial charge in [0.15, 0.2) is 10.8 Å². The lowest BCUT2D eigenvalue weighted by Gasteiger charge is -2.15. The Labute approximate surface area is 73.4 Å². The van der Waals surface area contributed by atoms with E-state index in [1.54, 1.807) is 0 Å². The average molecular weight is 184 g/mol. The van der Waals surface area contributed by atoms with Crippen LogP contribution in [0.2, 0.25) is 0 Å². The van der Waals surface area contributed by atoms with Crippen LogP contribution < -0.4 is 5.73 Å². The predicted molar refractivity (Wildman–Crippen MR) is 45.0 cm³/mol. The van der Waals surface area contributed by atoms with Gasteiger partial charge in [0.05, 0.1) is 4.88 Å². The molecule has 0 atom stereocenters. The fourth-order valence-corrected chi connectivity index (χ4v) is 2.07. The molecule has 5 heteroatoms. The zero-order valence-electron chi connectivity index (χ0n) is 6.75. The molecular weight excluding hydrogens is 176 g/mol. The van der Waals surface area contributed by atoms with Gasteiger partial charge in [0, 0.05) is 0 Å². The highest BCUT2D eigenvalue weighted by atomic mass is 32.1. The number of nitrogens with zero attached hydrogens (tertiary/aromatic N) is 1. The van der Waals surface area contributed by atoms with Crippen molar-refractivity contribution < 1.29 is 9.53 Å². The first kappa shape index (κ1) is 7.54. The lowest BCUT2D eigenvalue weighted by atomic mass is 10.1. The first-order valence-corrected chi connectivity index (χ1v) is 4.32. The number of anilines is 1. The maximum atomic E-state index is 11.2. The Hall–Kier alpha value is -1.10. The fourth-order valence-electron chi connectivity index (χ4n) is 1.21. The summed E-state index contributed by atoms with van der Waals surface area (Å²) in [7, 11) is 0. The SMILES string of the molecule is CC1(C)OC(=O)c2nc(N)sc21. The van der Waals surface area contributed by atoms with Gasteiger partial charge in [-0.05, 0) is 13.8 Å². The van der Waals surface area contributed by atoms with Crippen molar-refractivity contribution in [3.05, 3.63) is 10.6 Å². The van der Waals surface area contributed by atoms with Crippen LogP contribution in [0.15, 0.2) is 0 Å². The van der Waals surface area contributed by atoms with E-state index < -0.39 is 5.60 Å². The summed E-state index contributed by atoms with van der Waals surface area (Å²) < 4.78 is 5.07. The molecule has 1 aliphatic rings. The molecule has 0 aliphatic carbocycles. The maximum Gasteiger partial charge on any atom is 0.359 e. The number of hydrogen-bond donors (Lipinski definition) is 1. The normalized spacial score (nSPS) is 19.0. The van der Waals surface area contributed by atoms with Crippen LogP contribution in [-0.4, -0.2) is 11.0 Å². The van der Waals surface area contributed by atoms with Gasteiger partial charge in [0.25, 0.3) is 0 Å². The number of carbonyl (C=O) groups excluding carboxylic acids is 1. The van der Waals surface area contributed by atoms with Crippen LogP contribution >= 0.6 is 11.3 Å². The number of thiazole rings is 1. The minimum atomic E-state index is -0.554. The van der Waals surface area contributed by atoms with Crippen LogP contribution in [0.1, 0.15) is 29.2 Å². The molecule has 0 saturated heterocycles. The summed E-state index contributed by atoms with van der Waals surface area (Å²) in [5, 5.41) is 0.421. The molecule has 0 amide bonds. The lowest BCUT2D eigenvalue weighted by molar-refractivity contribution is 0.0102. The van der Waals surface area contributed by atoms with E-state index in [0.717, 1.165) is 4.88 Å². The van der Waals surface area contributed by atoms with Gasteiger partial charge in [-0.2, -0.15) is 0 Å². The van der Waals surface area contributed by atoms with Gasteiger partial charge < -0.3 is 10.5 Å². The molecule has 0 spiro atoms. The maximum absolute atomic E-state index is 11.2. The largest absolute Gasteiger partial charge is 0.449 e. The number of nitrogens with two attached hydrogens (primary N) is 1. The van der Waals surface area contributed by atoms with Gasteiger partial charge in [-0.3, -0.25) is 0 Å². The third kappa shape index (κ3) is 0.828. The monoisotopic (exact) mass is 184 g/mol. The van der Waals surface area contributed by atoms with Crippen LogP contribution in [0.3, 0.4) is 0 Å². The molecule has 0 radical (unpaired) electrons. The van der Waals surface area contributed by atoms with Crippen LogP contribution in [0.5, 0.6) is 0 Å². The molecule has 0 bridgehead atoms. The standard InChI is InChI=1S/C7H8N2O2S/c1-7(2)4-3(5(10)11-7)9-6(8)12-4/h1-2H3,(H2,8,9). The highest BCUT2D eigenvalue weighted by molar-refractivity contribution is 7.15. The Morgan fingerprint density at radius 1 is 1.58 bits per heavy atom. The van der Waals surface area contributed by atoms with E-state index >= 15 is 0 Å². The van der Waals surface area contributed by atoms with Crippen LogP contribution in [-0.2, 0) is 10.3 Å². The highest BCUT2D eigenvalue weighted by Crippen LogP contribution is 2.40. The highest BCUT2D eigenvalue weighted by Gasteiger charge is 2.41. The summed E-state index contributed by atoms with van der Waals surface area (Å²) in [6.45, 7) is 3.66. The average Bonchev–Trinajstić information content (AvgIpc) is 2.37. The summed E-state index contributed by atoms with van der Waals surface area (Å²) in [6, 6.07) is 0. The topological polar surface area (TPSA) is 65.2 Å². The summed E-state index contributed by atoms with van der Waals surface area (Å²) in [5.74, 6) is -0.372. The van der Waals surface area contributed by atoms with Gasteiger partial charge in [-0.15, -0.1) is 0 Å². The van der Waals surface area contributed by atoms with E-state index in [0.29, 0.717) is 10.8 Å². The first-order valence-electron chi connectivity index (χ1n) is 3.51. The van der Waals surface area contributed by atoms with Crippen molar-refractivity contribution in [2.75, 3.05) is 5.73 Å². The number of nitrogen functional groups attached to an aromatic ring is 1. The number of carbonyl (C=O) groups is 1. The summed E-state index contributed by atoms with van der Waals surface area (Å²) in [4.78, 5) is 15.9. The zero-order chi connectivity index (χ0) is 8.93. The van der Waals surface area contributed by atoms with Crippen LogP contribution in [0.25, 0.3) is 0 Å². The number of aromatic nitrogens is 1. The van der Waals surface area contributed by atoms with E-state index in [-0.39, 0.29) is 5.97 Å². The Morgan fingerprint density at radius 2 is 2.25 bits per heavy atom. The quantitative estimate of drug-likeness (QED) is 0.614. The third-order valence-corrected chi connectivity index (χ3v) is 2.92. The molecule has 1 aromatic rings. The van der Waals surface area contributed by atoms with E-state index in [1.807, 2.05) is 13.8 Å². The van der Waals surface area contributed by atoms with Crippen molar-refractivity contribution in [2.45, 2.75) is 19.4 Å². The minimum absolute atomic E-state index is 0.372. The van der Waals surface area contributed by atoms with Crippen molar-refractivity contribution in [2.24, 2.45) is 0 Å². The molecule has 2 rings (SSSR count). The van der Waals surface area contributed by atoms with E-state index in [9.17, 15) is 4.79 Å². The Balaban J connectivity index is 2.64. The molecule has 12 heavy (non-hydrogen) atoms. The van der Waals surface area contributed by atoms with Crippen molar-refractivity contribution in [3.63, 3.8) is 0 Å². The molecule has 1 aliphatic heterocycles.